The van der Waals surface area contributed by atoms with E-state index in [4.69, 9.17) is 4.98 Å². The number of aryl methyl sites for hydroxylation is 1. The molecule has 0 fully saturated rings. The highest BCUT2D eigenvalue weighted by Crippen LogP contribution is 2.35. The van der Waals surface area contributed by atoms with Crippen LogP contribution in [0.15, 0.2) is 61.1 Å². The quantitative estimate of drug-likeness (QED) is 0.226. The summed E-state index contributed by atoms with van der Waals surface area (Å²) in [6.45, 7) is 4.02. The third-order valence-electron chi connectivity index (χ3n) is 5.96. The van der Waals surface area contributed by atoms with Crippen molar-refractivity contribution in [3.63, 3.8) is 0 Å². The molecule has 5 heterocycles. The predicted octanol–water partition coefficient (Wildman–Crippen LogP) is 5.74. The fraction of sp³-hybridized carbons (Fsp3) is 0.154. The van der Waals surface area contributed by atoms with E-state index in [2.05, 4.69) is 55.6 Å². The molecule has 4 N–H and O–H groups in total. The van der Waals surface area contributed by atoms with E-state index in [0.717, 1.165) is 44.5 Å². The topological polar surface area (TPSA) is 115 Å². The second-order valence-electron chi connectivity index (χ2n) is 8.42. The monoisotopic (exact) mass is 481 g/mol. The molecule has 1 aromatic carbocycles. The third-order valence-corrected chi connectivity index (χ3v) is 6.99. The van der Waals surface area contributed by atoms with Crippen LogP contribution >= 0.6 is 11.3 Å². The number of benzene rings is 1. The Hall–Kier alpha value is -4.08. The number of aromatic nitrogens is 6. The number of para-hydroxylation sites is 1. The van der Waals surface area contributed by atoms with Crippen LogP contribution in [0.1, 0.15) is 18.2 Å². The molecule has 8 nitrogen and oxygen atoms in total. The van der Waals surface area contributed by atoms with Crippen LogP contribution in [0.5, 0.6) is 0 Å². The van der Waals surface area contributed by atoms with Crippen LogP contribution in [0, 0.1) is 6.92 Å². The first-order chi connectivity index (χ1) is 17.1. The van der Waals surface area contributed by atoms with Gasteiger partial charge in [-0.05, 0) is 43.7 Å². The molecule has 1 unspecified atom stereocenters. The molecule has 0 aliphatic carbocycles. The Morgan fingerprint density at radius 3 is 2.80 bits per heavy atom. The number of thiophene rings is 1. The lowest BCUT2D eigenvalue weighted by Gasteiger charge is -2.12. The molecule has 174 valence electrons. The first-order valence-corrected chi connectivity index (χ1v) is 12.2. The molecule has 6 aromatic rings. The number of hydrogen-bond donors (Lipinski definition) is 4. The fourth-order valence-electron chi connectivity index (χ4n) is 4.14. The van der Waals surface area contributed by atoms with E-state index in [1.54, 1.807) is 29.9 Å². The van der Waals surface area contributed by atoms with Gasteiger partial charge in [-0.25, -0.2) is 9.97 Å². The lowest BCUT2D eigenvalue weighted by atomic mass is 10.1. The van der Waals surface area contributed by atoms with Gasteiger partial charge >= 0.3 is 0 Å². The molecule has 0 saturated carbocycles. The molecule has 6 rings (SSSR count). The molecule has 0 bridgehead atoms. The zero-order chi connectivity index (χ0) is 23.9. The van der Waals surface area contributed by atoms with E-state index < -0.39 is 6.23 Å². The van der Waals surface area contributed by atoms with Gasteiger partial charge in [0.1, 0.15) is 11.9 Å². The van der Waals surface area contributed by atoms with Crippen LogP contribution in [-0.2, 0) is 0 Å². The zero-order valence-corrected chi connectivity index (χ0v) is 20.0. The number of hydrogen-bond acceptors (Lipinski definition) is 7. The number of imidazole rings is 1. The number of nitrogens with zero attached hydrogens (tertiary/aromatic N) is 4. The molecule has 35 heavy (non-hydrogen) atoms. The van der Waals surface area contributed by atoms with Crippen LogP contribution in [0.3, 0.4) is 0 Å². The zero-order valence-electron chi connectivity index (χ0n) is 19.2. The van der Waals surface area contributed by atoms with Gasteiger partial charge in [0, 0.05) is 38.8 Å². The van der Waals surface area contributed by atoms with Gasteiger partial charge < -0.3 is 15.4 Å². The summed E-state index contributed by atoms with van der Waals surface area (Å²) in [6.07, 6.45) is 5.23. The molecular formula is C26H23N7OS. The summed E-state index contributed by atoms with van der Waals surface area (Å²) < 4.78 is 0. The van der Waals surface area contributed by atoms with Crippen LogP contribution in [-0.4, -0.2) is 41.5 Å². The van der Waals surface area contributed by atoms with E-state index >= 15 is 0 Å². The number of anilines is 1. The highest BCUT2D eigenvalue weighted by molar-refractivity contribution is 7.15. The Morgan fingerprint density at radius 1 is 1.09 bits per heavy atom. The standard InChI is InChI=1S/C26H23N7OS/c1-3-22(34)29-17-9-15(11-27-13-17)16-10-19-24(32-33-25(19)28-12-16)26-30-20-6-4-5-18(23(20)31-26)21-8-7-14(2)35-21/h4-13,22,29,34H,3H2,1-2H3,(H,30,31)(H,28,32,33). The number of aliphatic hydroxyl groups is 1. The maximum Gasteiger partial charge on any atom is 0.181 e. The molecule has 0 radical (unpaired) electrons. The van der Waals surface area contributed by atoms with Gasteiger partial charge in [-0.3, -0.25) is 10.1 Å². The Morgan fingerprint density at radius 2 is 1.97 bits per heavy atom. The SMILES string of the molecule is CCC(O)Nc1cncc(-c2cnc3n[nH]c(-c4nc5c(-c6ccc(C)s6)cccc5[nH]4)c3c2)c1. The van der Waals surface area contributed by atoms with Crippen molar-refractivity contribution in [1.29, 1.82) is 0 Å². The van der Waals surface area contributed by atoms with Crippen molar-refractivity contribution in [1.82, 2.24) is 30.1 Å². The van der Waals surface area contributed by atoms with Crippen molar-refractivity contribution >= 4 is 39.1 Å². The molecule has 1 atom stereocenters. The molecule has 0 amide bonds. The highest BCUT2D eigenvalue weighted by Gasteiger charge is 2.16. The van der Waals surface area contributed by atoms with Gasteiger partial charge in [0.25, 0.3) is 0 Å². The minimum Gasteiger partial charge on any atom is -0.374 e. The summed E-state index contributed by atoms with van der Waals surface area (Å²) in [4.78, 5) is 19.7. The van der Waals surface area contributed by atoms with Crippen molar-refractivity contribution in [2.75, 3.05) is 5.32 Å². The summed E-state index contributed by atoms with van der Waals surface area (Å²) in [6, 6.07) is 14.4. The maximum absolute atomic E-state index is 9.93. The van der Waals surface area contributed by atoms with Gasteiger partial charge in [0.2, 0.25) is 0 Å². The average molecular weight is 482 g/mol. The van der Waals surface area contributed by atoms with Crippen LogP contribution in [0.4, 0.5) is 5.69 Å². The summed E-state index contributed by atoms with van der Waals surface area (Å²) in [5.74, 6) is 0.710. The van der Waals surface area contributed by atoms with E-state index in [9.17, 15) is 5.11 Å². The fourth-order valence-corrected chi connectivity index (χ4v) is 5.03. The minimum atomic E-state index is -0.621. The highest BCUT2D eigenvalue weighted by atomic mass is 32.1. The number of rotatable bonds is 6. The minimum absolute atomic E-state index is 0.599. The second kappa shape index (κ2) is 8.61. The Kier molecular flexibility index (Phi) is 5.28. The largest absolute Gasteiger partial charge is 0.374 e. The summed E-state index contributed by atoms with van der Waals surface area (Å²) in [5.41, 5.74) is 6.92. The third kappa shape index (κ3) is 3.94. The normalized spacial score (nSPS) is 12.4. The Labute approximate surface area is 205 Å². The van der Waals surface area contributed by atoms with E-state index in [1.165, 1.54) is 9.75 Å². The van der Waals surface area contributed by atoms with Crippen molar-refractivity contribution in [3.05, 3.63) is 65.9 Å². The first-order valence-electron chi connectivity index (χ1n) is 11.4. The second-order valence-corrected chi connectivity index (χ2v) is 9.71. The van der Waals surface area contributed by atoms with E-state index in [1.807, 2.05) is 31.2 Å². The van der Waals surface area contributed by atoms with Crippen LogP contribution in [0.25, 0.3) is 55.2 Å². The van der Waals surface area contributed by atoms with Gasteiger partial charge in [-0.15, -0.1) is 11.3 Å². The van der Waals surface area contributed by atoms with Crippen molar-refractivity contribution in [2.45, 2.75) is 26.5 Å². The van der Waals surface area contributed by atoms with Gasteiger partial charge in [-0.1, -0.05) is 19.1 Å². The number of nitrogens with one attached hydrogen (secondary N) is 3. The van der Waals surface area contributed by atoms with Crippen LogP contribution < -0.4 is 5.32 Å². The maximum atomic E-state index is 9.93. The Balaban J connectivity index is 1.42. The van der Waals surface area contributed by atoms with Crippen molar-refractivity contribution < 1.29 is 5.11 Å². The summed E-state index contributed by atoms with van der Waals surface area (Å²) in [5, 5.41) is 21.3. The number of aliphatic hydroxyl groups excluding tert-OH is 1. The molecular weight excluding hydrogens is 458 g/mol. The Bertz CT molecular complexity index is 1670. The van der Waals surface area contributed by atoms with Gasteiger partial charge in [-0.2, -0.15) is 5.10 Å². The van der Waals surface area contributed by atoms with E-state index in [0.29, 0.717) is 17.9 Å². The van der Waals surface area contributed by atoms with Gasteiger partial charge in [0.05, 0.1) is 28.3 Å². The molecule has 0 saturated heterocycles. The average Bonchev–Trinajstić information content (AvgIpc) is 3.61. The summed E-state index contributed by atoms with van der Waals surface area (Å²) in [7, 11) is 0. The first kappa shape index (κ1) is 21.5. The summed E-state index contributed by atoms with van der Waals surface area (Å²) >= 11 is 1.76. The number of H-pyrrole nitrogens is 2. The van der Waals surface area contributed by atoms with Crippen LogP contribution in [0.2, 0.25) is 0 Å². The number of fused-ring (bicyclic) bond motifs is 2. The number of aromatic amines is 2. The molecule has 5 aromatic heterocycles. The lowest BCUT2D eigenvalue weighted by Crippen LogP contribution is -2.16. The predicted molar refractivity (Wildman–Crippen MR) is 140 cm³/mol. The molecule has 0 spiro atoms. The molecule has 9 heteroatoms. The number of pyridine rings is 2. The lowest BCUT2D eigenvalue weighted by molar-refractivity contribution is 0.199. The van der Waals surface area contributed by atoms with Crippen molar-refractivity contribution in [3.8, 4) is 33.1 Å². The van der Waals surface area contributed by atoms with Gasteiger partial charge in [0.15, 0.2) is 11.5 Å². The van der Waals surface area contributed by atoms with E-state index in [-0.39, 0.29) is 0 Å². The smallest absolute Gasteiger partial charge is 0.181 e. The molecule has 0 aliphatic rings. The molecule has 0 aliphatic heterocycles. The van der Waals surface area contributed by atoms with Crippen molar-refractivity contribution in [2.24, 2.45) is 0 Å².